The van der Waals surface area contributed by atoms with Crippen LogP contribution >= 0.6 is 11.3 Å². The van der Waals surface area contributed by atoms with Crippen molar-refractivity contribution in [1.29, 1.82) is 0 Å². The van der Waals surface area contributed by atoms with Crippen molar-refractivity contribution >= 4 is 61.7 Å². The van der Waals surface area contributed by atoms with Gasteiger partial charge in [-0.1, -0.05) is 21.6 Å². The van der Waals surface area contributed by atoms with E-state index in [2.05, 4.69) is 15.6 Å². The average Bonchev–Trinajstić information content (AvgIpc) is 3.49. The topological polar surface area (TPSA) is 163 Å². The number of aromatic nitrogens is 2. The zero-order valence-electron chi connectivity index (χ0n) is 22.0. The summed E-state index contributed by atoms with van der Waals surface area (Å²) in [5.74, 6) is -0.888. The van der Waals surface area contributed by atoms with Crippen LogP contribution in [0.15, 0.2) is 69.0 Å². The van der Waals surface area contributed by atoms with E-state index in [9.17, 15) is 27.9 Å². The van der Waals surface area contributed by atoms with E-state index in [0.29, 0.717) is 22.8 Å². The van der Waals surface area contributed by atoms with E-state index >= 15 is 0 Å². The lowest BCUT2D eigenvalue weighted by Gasteiger charge is -2.24. The molecule has 2 atom stereocenters. The Hall–Kier alpha value is -4.40. The van der Waals surface area contributed by atoms with Gasteiger partial charge in [0.2, 0.25) is 16.0 Å². The maximum atomic E-state index is 13.5. The number of benzene rings is 2. The first-order chi connectivity index (χ1) is 19.6. The number of hydrogen-bond acceptors (Lipinski definition) is 9. The lowest BCUT2D eigenvalue weighted by molar-refractivity contribution is -0.135. The maximum absolute atomic E-state index is 13.5. The summed E-state index contributed by atoms with van der Waals surface area (Å²) >= 11 is 1.12. The van der Waals surface area contributed by atoms with E-state index in [0.717, 1.165) is 15.6 Å². The van der Waals surface area contributed by atoms with E-state index in [1.165, 1.54) is 17.7 Å². The average molecular weight is 596 g/mol. The molecule has 4 aromatic rings. The molecule has 1 aliphatic heterocycles. The normalized spacial score (nSPS) is 16.6. The van der Waals surface area contributed by atoms with Crippen molar-refractivity contribution in [3.63, 3.8) is 0 Å². The Labute approximate surface area is 239 Å². The minimum Gasteiger partial charge on any atom is -0.587 e. The molecule has 41 heavy (non-hydrogen) atoms. The summed E-state index contributed by atoms with van der Waals surface area (Å²) in [4.78, 5) is 54.8. The number of aryl methyl sites for hydroxylation is 1. The van der Waals surface area contributed by atoms with Crippen LogP contribution in [0.4, 0.5) is 11.4 Å². The van der Waals surface area contributed by atoms with E-state index in [1.54, 1.807) is 60.8 Å². The second-order valence-electron chi connectivity index (χ2n) is 9.24. The maximum Gasteiger partial charge on any atom is 0.264 e. The van der Waals surface area contributed by atoms with Gasteiger partial charge in [0.25, 0.3) is 11.5 Å². The Morgan fingerprint density at radius 2 is 1.95 bits per heavy atom. The van der Waals surface area contributed by atoms with Crippen LogP contribution in [0.25, 0.3) is 10.9 Å². The summed E-state index contributed by atoms with van der Waals surface area (Å²) in [5, 5.41) is 6.73. The molecule has 1 saturated heterocycles. The highest BCUT2D eigenvalue weighted by molar-refractivity contribution is 8.00. The van der Waals surface area contributed by atoms with Gasteiger partial charge in [-0.25, -0.2) is 4.98 Å². The standard InChI is InChI=1S/C27H25N5O7S2/c1-16-28-19-5-3-6-20(25(19)27(36)32(16)21-12-13-22(33)30-26(21)35)29-23(34)15-39-18-10-8-17(9-11-18)31(2)41(37,38)24-7-4-14-40-24/h3-11,14,21H,12-13,15H2,1-2H3,(H2-,29,30,33,34,35,36,37,38). The summed E-state index contributed by atoms with van der Waals surface area (Å²) in [6.07, 6.45) is 0.257. The van der Waals surface area contributed by atoms with E-state index in [-0.39, 0.29) is 34.7 Å². The zero-order valence-corrected chi connectivity index (χ0v) is 23.6. The van der Waals surface area contributed by atoms with Gasteiger partial charge in [0.15, 0.2) is 17.0 Å². The van der Waals surface area contributed by atoms with E-state index in [1.807, 2.05) is 0 Å². The number of carbonyl (C=O) groups is 3. The highest BCUT2D eigenvalue weighted by atomic mass is 32.3. The number of anilines is 2. The fraction of sp³-hybridized carbons (Fsp3) is 0.222. The molecule has 2 aromatic carbocycles. The molecule has 14 heteroatoms. The van der Waals surface area contributed by atoms with Crippen LogP contribution in [-0.2, 0) is 29.0 Å². The van der Waals surface area contributed by atoms with Crippen LogP contribution in [0.3, 0.4) is 0 Å². The number of hydrogen-bond donors (Lipinski definition) is 2. The molecule has 12 nitrogen and oxygen atoms in total. The molecule has 3 amide bonds. The second-order valence-corrected chi connectivity index (χ2v) is 12.4. The SMILES string of the molecule is Cc1nc2cccc(NC(=O)COc3ccc(N(C)[S+](=O)([O-])c4cccs4)cc3)c2c(=O)n1C1CCC(=O)NC1=O. The van der Waals surface area contributed by atoms with Gasteiger partial charge in [-0.2, -0.15) is 4.31 Å². The lowest BCUT2D eigenvalue weighted by Crippen LogP contribution is -2.45. The molecular weight excluding hydrogens is 570 g/mol. The minimum absolute atomic E-state index is 0.0950. The highest BCUT2D eigenvalue weighted by Crippen LogP contribution is 2.30. The molecule has 1 fully saturated rings. The number of fused-ring (bicyclic) bond motifs is 1. The number of carbonyl (C=O) groups excluding carboxylic acids is 3. The summed E-state index contributed by atoms with van der Waals surface area (Å²) in [6.45, 7) is 1.21. The van der Waals surface area contributed by atoms with Gasteiger partial charge in [-0.3, -0.25) is 29.1 Å². The molecular formula is C27H25N5O7S2. The van der Waals surface area contributed by atoms with Crippen molar-refractivity contribution in [1.82, 2.24) is 14.9 Å². The summed E-state index contributed by atoms with van der Waals surface area (Å²) in [7, 11) is -2.23. The Morgan fingerprint density at radius 3 is 2.63 bits per heavy atom. The number of nitrogens with one attached hydrogen (secondary N) is 2. The molecule has 3 heterocycles. The van der Waals surface area contributed by atoms with Gasteiger partial charge < -0.3 is 14.6 Å². The first kappa shape index (κ1) is 28.1. The predicted molar refractivity (Wildman–Crippen MR) is 153 cm³/mol. The number of sulfonamides is 1. The molecule has 212 valence electrons. The van der Waals surface area contributed by atoms with Crippen molar-refractivity contribution in [2.24, 2.45) is 0 Å². The number of ether oxygens (including phenoxy) is 1. The van der Waals surface area contributed by atoms with Gasteiger partial charge in [0.05, 0.1) is 29.3 Å². The molecule has 0 radical (unpaired) electrons. The first-order valence-corrected chi connectivity index (χ1v) is 14.8. The third-order valence-corrected chi connectivity index (χ3v) is 9.74. The predicted octanol–water partition coefficient (Wildman–Crippen LogP) is 2.80. The first-order valence-electron chi connectivity index (χ1n) is 12.5. The van der Waals surface area contributed by atoms with Gasteiger partial charge in [-0.15, -0.1) is 0 Å². The van der Waals surface area contributed by atoms with Crippen LogP contribution in [-0.4, -0.2) is 45.5 Å². The Balaban J connectivity index is 1.30. The monoisotopic (exact) mass is 595 g/mol. The third kappa shape index (κ3) is 5.62. The lowest BCUT2D eigenvalue weighted by atomic mass is 10.1. The molecule has 0 bridgehead atoms. The van der Waals surface area contributed by atoms with Crippen LogP contribution in [0.5, 0.6) is 5.75 Å². The van der Waals surface area contributed by atoms with Crippen molar-refractivity contribution < 1.29 is 27.9 Å². The number of nitrogens with zero attached hydrogens (tertiary/aromatic N) is 3. The molecule has 2 N–H and O–H groups in total. The Kier molecular flexibility index (Phi) is 7.71. The molecule has 0 aliphatic carbocycles. The second kappa shape index (κ2) is 11.2. The van der Waals surface area contributed by atoms with Gasteiger partial charge in [0.1, 0.15) is 17.6 Å². The highest BCUT2D eigenvalue weighted by Gasteiger charge is 2.31. The molecule has 5 rings (SSSR count). The fourth-order valence-electron chi connectivity index (χ4n) is 4.52. The zero-order chi connectivity index (χ0) is 29.3. The number of amides is 3. The van der Waals surface area contributed by atoms with Crippen LogP contribution in [0.1, 0.15) is 24.7 Å². The van der Waals surface area contributed by atoms with E-state index < -0.39 is 39.7 Å². The summed E-state index contributed by atoms with van der Waals surface area (Å²) < 4.78 is 33.7. The van der Waals surface area contributed by atoms with Gasteiger partial charge >= 0.3 is 0 Å². The fourth-order valence-corrected chi connectivity index (χ4v) is 6.88. The number of rotatable bonds is 8. The third-order valence-electron chi connectivity index (χ3n) is 6.58. The van der Waals surface area contributed by atoms with E-state index in [4.69, 9.17) is 4.74 Å². The molecule has 1 aliphatic rings. The molecule has 2 unspecified atom stereocenters. The number of imide groups is 1. The van der Waals surface area contributed by atoms with Crippen LogP contribution in [0.2, 0.25) is 0 Å². The largest absolute Gasteiger partial charge is 0.587 e. The Morgan fingerprint density at radius 1 is 1.20 bits per heavy atom. The summed E-state index contributed by atoms with van der Waals surface area (Å²) in [5.41, 5.74) is 0.439. The van der Waals surface area contributed by atoms with Crippen LogP contribution < -0.4 is 25.2 Å². The Bertz CT molecular complexity index is 1750. The van der Waals surface area contributed by atoms with Crippen molar-refractivity contribution in [3.05, 3.63) is 76.2 Å². The van der Waals surface area contributed by atoms with Crippen molar-refractivity contribution in [2.75, 3.05) is 23.3 Å². The van der Waals surface area contributed by atoms with Crippen LogP contribution in [0, 0.1) is 6.92 Å². The number of thiophene rings is 1. The molecule has 0 saturated carbocycles. The quantitative estimate of drug-likeness (QED) is 0.232. The van der Waals surface area contributed by atoms with Gasteiger partial charge in [-0.05, 0) is 61.2 Å². The summed E-state index contributed by atoms with van der Waals surface area (Å²) in [6, 6.07) is 13.3. The molecule has 0 spiro atoms. The van der Waals surface area contributed by atoms with Gasteiger partial charge in [0, 0.05) is 12.5 Å². The minimum atomic E-state index is -3.68. The smallest absolute Gasteiger partial charge is 0.264 e. The molecule has 2 aromatic heterocycles. The number of piperidine rings is 1. The van der Waals surface area contributed by atoms with Crippen molar-refractivity contribution in [2.45, 2.75) is 30.0 Å². The van der Waals surface area contributed by atoms with Crippen molar-refractivity contribution in [3.8, 4) is 5.75 Å².